The third-order valence-electron chi connectivity index (χ3n) is 4.09. The van der Waals surface area contributed by atoms with Crippen LogP contribution in [0.2, 0.25) is 0 Å². The number of carbonyl (C=O) groups excluding carboxylic acids is 2. The monoisotopic (exact) mass is 381 g/mol. The highest BCUT2D eigenvalue weighted by molar-refractivity contribution is 6.03. The first-order valence-corrected chi connectivity index (χ1v) is 8.34. The number of aryl methyl sites for hydroxylation is 1. The number of aromatic amines is 1. The van der Waals surface area contributed by atoms with Crippen LogP contribution in [0, 0.1) is 12.7 Å². The van der Waals surface area contributed by atoms with Crippen molar-refractivity contribution in [1.29, 1.82) is 0 Å². The summed E-state index contributed by atoms with van der Waals surface area (Å²) in [5.74, 6) is -2.53. The van der Waals surface area contributed by atoms with Gasteiger partial charge in [-0.05, 0) is 19.1 Å². The van der Waals surface area contributed by atoms with E-state index in [1.807, 2.05) is 6.92 Å². The molecule has 1 aromatic heterocycles. The quantitative estimate of drug-likeness (QED) is 0.658. The lowest BCUT2D eigenvalue weighted by Gasteiger charge is -2.20. The smallest absolute Gasteiger partial charge is 0.325 e. The van der Waals surface area contributed by atoms with Crippen molar-refractivity contribution >= 4 is 11.7 Å². The Bertz CT molecular complexity index is 1130. The van der Waals surface area contributed by atoms with Crippen LogP contribution in [-0.4, -0.2) is 21.2 Å². The number of hydrogen-bond donors (Lipinski definition) is 2. The molecule has 2 aromatic carbocycles. The molecule has 1 amide bonds. The zero-order valence-corrected chi connectivity index (χ0v) is 14.8. The summed E-state index contributed by atoms with van der Waals surface area (Å²) in [6.07, 6.45) is -0.947. The molecule has 3 aromatic rings. The van der Waals surface area contributed by atoms with E-state index in [4.69, 9.17) is 0 Å². The minimum absolute atomic E-state index is 0.204. The van der Waals surface area contributed by atoms with Gasteiger partial charge in [0.1, 0.15) is 0 Å². The van der Waals surface area contributed by atoms with Crippen LogP contribution in [0.15, 0.2) is 70.4 Å². The van der Waals surface area contributed by atoms with Gasteiger partial charge in [-0.15, -0.1) is 0 Å². The number of benzene rings is 2. The molecule has 142 valence electrons. The van der Waals surface area contributed by atoms with Crippen molar-refractivity contribution in [1.82, 2.24) is 14.9 Å². The van der Waals surface area contributed by atoms with E-state index in [2.05, 4.69) is 5.32 Å². The maximum absolute atomic E-state index is 13.8. The molecule has 0 unspecified atom stereocenters. The average Bonchev–Trinajstić information content (AvgIpc) is 2.69. The molecule has 28 heavy (non-hydrogen) atoms. The summed E-state index contributed by atoms with van der Waals surface area (Å²) in [4.78, 5) is 50.8. The number of nitrogens with one attached hydrogen (secondary N) is 2. The molecule has 0 radical (unpaired) electrons. The number of rotatable bonds is 5. The van der Waals surface area contributed by atoms with Gasteiger partial charge in [0, 0.05) is 11.1 Å². The summed E-state index contributed by atoms with van der Waals surface area (Å²) in [7, 11) is 0. The van der Waals surface area contributed by atoms with Crippen LogP contribution in [-0.2, 0) is 0 Å². The summed E-state index contributed by atoms with van der Waals surface area (Å²) in [6, 6.07) is 14.5. The molecule has 0 bridgehead atoms. The maximum Gasteiger partial charge on any atom is 0.330 e. The summed E-state index contributed by atoms with van der Waals surface area (Å²) >= 11 is 0. The molecule has 1 heterocycles. The van der Waals surface area contributed by atoms with Crippen molar-refractivity contribution in [2.45, 2.75) is 13.1 Å². The van der Waals surface area contributed by atoms with Crippen molar-refractivity contribution in [2.75, 3.05) is 0 Å². The maximum atomic E-state index is 13.8. The lowest BCUT2D eigenvalue weighted by atomic mass is 10.1. The van der Waals surface area contributed by atoms with Gasteiger partial charge in [-0.25, -0.2) is 4.79 Å². The zero-order chi connectivity index (χ0) is 20.3. The minimum atomic E-state index is -1.55. The topological polar surface area (TPSA) is 101 Å². The average molecular weight is 381 g/mol. The van der Waals surface area contributed by atoms with Crippen LogP contribution < -0.4 is 16.6 Å². The van der Waals surface area contributed by atoms with Crippen molar-refractivity contribution in [3.8, 4) is 0 Å². The molecule has 0 fully saturated rings. The normalized spacial score (nSPS) is 11.6. The fourth-order valence-electron chi connectivity index (χ4n) is 2.59. The van der Waals surface area contributed by atoms with Gasteiger partial charge in [-0.2, -0.15) is 4.39 Å². The number of Topliss-reactive ketones (excluding diaryl/α,β-unsaturated/α-hetero) is 1. The van der Waals surface area contributed by atoms with Crippen LogP contribution in [0.5, 0.6) is 0 Å². The standard InChI is InChI=1S/C20H16FN3O4/c1-12-7-9-14(10-8-12)18(26)22-17(16(25)13-5-3-2-4-6-13)24-11-15(21)19(27)23-20(24)28/h2-11,17H,1H3,(H,22,26)(H,23,27,28)/t17-/m1/s1. The van der Waals surface area contributed by atoms with E-state index in [1.165, 1.54) is 12.1 Å². The molecule has 0 saturated carbocycles. The van der Waals surface area contributed by atoms with Crippen LogP contribution >= 0.6 is 0 Å². The Labute approximate surface area is 158 Å². The number of amides is 1. The predicted molar refractivity (Wildman–Crippen MR) is 99.7 cm³/mol. The molecule has 0 aliphatic heterocycles. The highest BCUT2D eigenvalue weighted by Crippen LogP contribution is 2.12. The Morgan fingerprint density at radius 1 is 1.00 bits per heavy atom. The van der Waals surface area contributed by atoms with Gasteiger partial charge >= 0.3 is 5.69 Å². The number of nitrogens with zero attached hydrogens (tertiary/aromatic N) is 1. The molecular formula is C20H16FN3O4. The van der Waals surface area contributed by atoms with Crippen LogP contribution in [0.4, 0.5) is 4.39 Å². The SMILES string of the molecule is Cc1ccc(C(=O)N[C@@H](C(=O)c2ccccc2)n2cc(F)c(=O)[nH]c2=O)cc1. The minimum Gasteiger partial charge on any atom is -0.325 e. The van der Waals surface area contributed by atoms with E-state index in [9.17, 15) is 23.6 Å². The summed E-state index contributed by atoms with van der Waals surface area (Å²) in [6.45, 7) is 1.85. The first-order valence-electron chi connectivity index (χ1n) is 8.34. The molecule has 8 heteroatoms. The third-order valence-corrected chi connectivity index (χ3v) is 4.09. The number of ketones is 1. The second kappa shape index (κ2) is 7.83. The van der Waals surface area contributed by atoms with E-state index in [1.54, 1.807) is 47.4 Å². The second-order valence-electron chi connectivity index (χ2n) is 6.12. The molecule has 7 nitrogen and oxygen atoms in total. The van der Waals surface area contributed by atoms with Crippen LogP contribution in [0.1, 0.15) is 32.4 Å². The lowest BCUT2D eigenvalue weighted by molar-refractivity contribution is 0.0811. The highest BCUT2D eigenvalue weighted by atomic mass is 19.1. The van der Waals surface area contributed by atoms with Crippen LogP contribution in [0.3, 0.4) is 0 Å². The Balaban J connectivity index is 2.04. The molecular weight excluding hydrogens is 365 g/mol. The molecule has 2 N–H and O–H groups in total. The Morgan fingerprint density at radius 3 is 2.29 bits per heavy atom. The predicted octanol–water partition coefficient (Wildman–Crippen LogP) is 1.80. The van der Waals surface area contributed by atoms with E-state index in [-0.39, 0.29) is 11.1 Å². The third kappa shape index (κ3) is 3.96. The van der Waals surface area contributed by atoms with Crippen molar-refractivity contribution < 1.29 is 14.0 Å². The summed E-state index contributed by atoms with van der Waals surface area (Å²) < 4.78 is 14.4. The first-order chi connectivity index (χ1) is 13.4. The number of aromatic nitrogens is 2. The molecule has 0 aliphatic carbocycles. The fourth-order valence-corrected chi connectivity index (χ4v) is 2.59. The second-order valence-corrected chi connectivity index (χ2v) is 6.12. The van der Waals surface area contributed by atoms with Crippen molar-refractivity contribution in [3.05, 3.63) is 104 Å². The van der Waals surface area contributed by atoms with Gasteiger partial charge in [0.2, 0.25) is 11.6 Å². The summed E-state index contributed by atoms with van der Waals surface area (Å²) in [5, 5.41) is 2.44. The van der Waals surface area contributed by atoms with Gasteiger partial charge in [-0.3, -0.25) is 23.9 Å². The Hall–Kier alpha value is -3.81. The molecule has 0 spiro atoms. The van der Waals surface area contributed by atoms with E-state index in [0.717, 1.165) is 5.56 Å². The largest absolute Gasteiger partial charge is 0.330 e. The number of carbonyl (C=O) groups is 2. The van der Waals surface area contributed by atoms with Gasteiger partial charge in [0.05, 0.1) is 6.20 Å². The Morgan fingerprint density at radius 2 is 1.64 bits per heavy atom. The van der Waals surface area contributed by atoms with Gasteiger partial charge in [0.25, 0.3) is 11.5 Å². The van der Waals surface area contributed by atoms with E-state index < -0.39 is 34.9 Å². The Kier molecular flexibility index (Phi) is 5.30. The van der Waals surface area contributed by atoms with Gasteiger partial charge < -0.3 is 5.32 Å². The molecule has 1 atom stereocenters. The fraction of sp³-hybridized carbons (Fsp3) is 0.100. The van der Waals surface area contributed by atoms with Gasteiger partial charge in [-0.1, -0.05) is 48.0 Å². The molecule has 0 saturated heterocycles. The molecule has 0 aliphatic rings. The highest BCUT2D eigenvalue weighted by Gasteiger charge is 2.26. The van der Waals surface area contributed by atoms with Crippen LogP contribution in [0.25, 0.3) is 0 Å². The van der Waals surface area contributed by atoms with E-state index in [0.29, 0.717) is 10.8 Å². The molecule has 3 rings (SSSR count). The zero-order valence-electron chi connectivity index (χ0n) is 14.8. The number of H-pyrrole nitrogens is 1. The lowest BCUT2D eigenvalue weighted by Crippen LogP contribution is -2.44. The van der Waals surface area contributed by atoms with E-state index >= 15 is 0 Å². The first kappa shape index (κ1) is 19.0. The number of hydrogen-bond acceptors (Lipinski definition) is 4. The van der Waals surface area contributed by atoms with Gasteiger partial charge in [0.15, 0.2) is 6.17 Å². The number of halogens is 1. The van der Waals surface area contributed by atoms with Crippen molar-refractivity contribution in [2.24, 2.45) is 0 Å². The van der Waals surface area contributed by atoms with Crippen molar-refractivity contribution in [3.63, 3.8) is 0 Å². The summed E-state index contributed by atoms with van der Waals surface area (Å²) in [5.41, 5.74) is -0.834.